The molecule has 0 amide bonds. The predicted octanol–water partition coefficient (Wildman–Crippen LogP) is 17.5. The summed E-state index contributed by atoms with van der Waals surface area (Å²) < 4.78 is 11.7. The molecule has 1 aliphatic heterocycles. The zero-order chi connectivity index (χ0) is 49.1. The molecule has 6 heteroatoms. The molecule has 352 valence electrons. The number of benzene rings is 7. The van der Waals surface area contributed by atoms with E-state index in [0.29, 0.717) is 6.67 Å². The standard InChI is InChI=1S/C64H65N5O/c1-61(2,3)41-27-30-55-52(36-41)51-29-28-48(39-58(51)69(55)59-37-42(31-32-65-59)62(4,5)6)70-47-20-17-19-45(38-47)66-40-67(46-34-43(63(7,8)9)33-44(35-46)64(10,11)12)60-56(66)25-18-26-57(60)68-53-23-15-13-21-49(53)50-22-14-16-24-54(50)68/h13-39H,40H2,1-12H3. The molecule has 7 aromatic carbocycles. The molecule has 6 nitrogen and oxygen atoms in total. The van der Waals surface area contributed by atoms with Crippen LogP contribution in [0.25, 0.3) is 55.1 Å². The molecular weight excluding hydrogens is 855 g/mol. The molecule has 0 saturated carbocycles. The van der Waals surface area contributed by atoms with Gasteiger partial charge in [-0.3, -0.25) is 4.57 Å². The monoisotopic (exact) mass is 920 g/mol. The van der Waals surface area contributed by atoms with E-state index in [-0.39, 0.29) is 21.7 Å². The van der Waals surface area contributed by atoms with E-state index in [1.807, 2.05) is 6.20 Å². The fourth-order valence-electron chi connectivity index (χ4n) is 10.4. The Balaban J connectivity index is 1.05. The molecule has 0 unspecified atom stereocenters. The maximum Gasteiger partial charge on any atom is 0.137 e. The fraction of sp³-hybridized carbons (Fsp3) is 0.266. The quantitative estimate of drug-likeness (QED) is 0.167. The molecule has 0 aliphatic carbocycles. The normalized spacial score (nSPS) is 13.6. The van der Waals surface area contributed by atoms with Gasteiger partial charge in [0, 0.05) is 51.2 Å². The first kappa shape index (κ1) is 45.2. The Morgan fingerprint density at radius 2 is 0.957 bits per heavy atom. The first-order chi connectivity index (χ1) is 33.2. The van der Waals surface area contributed by atoms with E-state index in [2.05, 4.69) is 260 Å². The summed E-state index contributed by atoms with van der Waals surface area (Å²) in [7, 11) is 0. The second-order valence-electron chi connectivity index (χ2n) is 23.5. The van der Waals surface area contributed by atoms with Crippen molar-refractivity contribution in [3.05, 3.63) is 186 Å². The highest BCUT2D eigenvalue weighted by molar-refractivity contribution is 6.11. The topological polar surface area (TPSA) is 38.5 Å². The number of rotatable bonds is 6. The van der Waals surface area contributed by atoms with Gasteiger partial charge in [0.25, 0.3) is 0 Å². The van der Waals surface area contributed by atoms with E-state index in [0.717, 1.165) is 45.4 Å². The lowest BCUT2D eigenvalue weighted by atomic mass is 9.80. The van der Waals surface area contributed by atoms with Crippen LogP contribution in [0, 0.1) is 0 Å². The highest BCUT2D eigenvalue weighted by Crippen LogP contribution is 2.51. The zero-order valence-corrected chi connectivity index (χ0v) is 42.9. The summed E-state index contributed by atoms with van der Waals surface area (Å²) in [5, 5.41) is 4.87. The molecule has 0 radical (unpaired) electrons. The highest BCUT2D eigenvalue weighted by Gasteiger charge is 2.34. The molecule has 0 atom stereocenters. The van der Waals surface area contributed by atoms with Crippen LogP contribution in [0.2, 0.25) is 0 Å². The smallest absolute Gasteiger partial charge is 0.137 e. The number of nitrogens with zero attached hydrogens (tertiary/aromatic N) is 5. The Morgan fingerprint density at radius 1 is 0.386 bits per heavy atom. The number of pyridine rings is 1. The molecule has 0 spiro atoms. The molecule has 3 aromatic heterocycles. The molecule has 11 rings (SSSR count). The van der Waals surface area contributed by atoms with Gasteiger partial charge in [0.15, 0.2) is 0 Å². The molecule has 70 heavy (non-hydrogen) atoms. The van der Waals surface area contributed by atoms with E-state index in [1.165, 1.54) is 66.2 Å². The molecule has 0 bridgehead atoms. The van der Waals surface area contributed by atoms with Crippen LogP contribution in [-0.4, -0.2) is 20.8 Å². The number of fused-ring (bicyclic) bond motifs is 7. The molecule has 0 N–H and O–H groups in total. The van der Waals surface area contributed by atoms with Crippen molar-refractivity contribution in [3.63, 3.8) is 0 Å². The minimum absolute atomic E-state index is 0.00635. The Hall–Kier alpha value is -7.31. The van der Waals surface area contributed by atoms with Crippen molar-refractivity contribution in [1.29, 1.82) is 0 Å². The van der Waals surface area contributed by atoms with Crippen LogP contribution in [0.4, 0.5) is 22.7 Å². The predicted molar refractivity (Wildman–Crippen MR) is 296 cm³/mol. The summed E-state index contributed by atoms with van der Waals surface area (Å²) in [5.41, 5.74) is 15.3. The van der Waals surface area contributed by atoms with Crippen LogP contribution in [0.15, 0.2) is 164 Å². The van der Waals surface area contributed by atoms with Crippen molar-refractivity contribution in [2.45, 2.75) is 105 Å². The summed E-state index contributed by atoms with van der Waals surface area (Å²) in [6.07, 6.45) is 1.94. The van der Waals surface area contributed by atoms with E-state index in [9.17, 15) is 0 Å². The number of hydrogen-bond donors (Lipinski definition) is 0. The average molecular weight is 920 g/mol. The van der Waals surface area contributed by atoms with Gasteiger partial charge in [-0.1, -0.05) is 144 Å². The summed E-state index contributed by atoms with van der Waals surface area (Å²) >= 11 is 0. The van der Waals surface area contributed by atoms with Crippen molar-refractivity contribution in [2.75, 3.05) is 16.5 Å². The molecule has 4 heterocycles. The molecule has 10 aromatic rings. The van der Waals surface area contributed by atoms with Gasteiger partial charge in [-0.2, -0.15) is 0 Å². The largest absolute Gasteiger partial charge is 0.457 e. The Bertz CT molecular complexity index is 3590. The number of anilines is 4. The van der Waals surface area contributed by atoms with Crippen molar-refractivity contribution in [2.24, 2.45) is 0 Å². The van der Waals surface area contributed by atoms with Gasteiger partial charge in [0.1, 0.15) is 24.0 Å². The second kappa shape index (κ2) is 16.1. The average Bonchev–Trinajstić information content (AvgIpc) is 3.98. The first-order valence-corrected chi connectivity index (χ1v) is 24.9. The minimum atomic E-state index is -0.0456. The minimum Gasteiger partial charge on any atom is -0.457 e. The fourth-order valence-corrected chi connectivity index (χ4v) is 10.4. The summed E-state index contributed by atoms with van der Waals surface area (Å²) in [6.45, 7) is 28.1. The van der Waals surface area contributed by atoms with Gasteiger partial charge < -0.3 is 19.1 Å². The van der Waals surface area contributed by atoms with Crippen LogP contribution in [0.5, 0.6) is 11.5 Å². The highest BCUT2D eigenvalue weighted by atomic mass is 16.5. The third kappa shape index (κ3) is 7.78. The number of aromatic nitrogens is 3. The van der Waals surface area contributed by atoms with Crippen LogP contribution in [-0.2, 0) is 21.7 Å². The van der Waals surface area contributed by atoms with Crippen molar-refractivity contribution in [3.8, 4) is 23.0 Å². The second-order valence-corrected chi connectivity index (χ2v) is 23.5. The third-order valence-electron chi connectivity index (χ3n) is 14.4. The SMILES string of the molecule is CC(C)(C)c1cc(N2CN(c3cccc(Oc4ccc5c6cc(C(C)(C)C)ccc6n(-c6cc(C(C)(C)C)ccn6)c5c4)c3)c3cccc(-n4c5ccccc5c5ccccc54)c32)cc(C(C)(C)C)c1. The van der Waals surface area contributed by atoms with Crippen LogP contribution >= 0.6 is 0 Å². The number of para-hydroxylation sites is 3. The van der Waals surface area contributed by atoms with Gasteiger partial charge in [0.05, 0.1) is 39.1 Å². The number of ether oxygens (including phenoxy) is 1. The summed E-state index contributed by atoms with van der Waals surface area (Å²) in [4.78, 5) is 9.96. The van der Waals surface area contributed by atoms with Gasteiger partial charge in [0.2, 0.25) is 0 Å². The lowest BCUT2D eigenvalue weighted by Crippen LogP contribution is -2.25. The van der Waals surface area contributed by atoms with Crippen molar-refractivity contribution >= 4 is 66.4 Å². The van der Waals surface area contributed by atoms with Gasteiger partial charge >= 0.3 is 0 Å². The van der Waals surface area contributed by atoms with E-state index >= 15 is 0 Å². The van der Waals surface area contributed by atoms with E-state index in [4.69, 9.17) is 9.72 Å². The lowest BCUT2D eigenvalue weighted by molar-refractivity contribution is 0.483. The van der Waals surface area contributed by atoms with Crippen LogP contribution < -0.4 is 14.5 Å². The third-order valence-corrected chi connectivity index (χ3v) is 14.4. The first-order valence-electron chi connectivity index (χ1n) is 24.9. The Kier molecular flexibility index (Phi) is 10.4. The summed E-state index contributed by atoms with van der Waals surface area (Å²) in [6, 6.07) is 58.0. The van der Waals surface area contributed by atoms with Crippen molar-refractivity contribution in [1.82, 2.24) is 14.1 Å². The summed E-state index contributed by atoms with van der Waals surface area (Å²) in [5.74, 6) is 2.43. The molecular formula is C64H65N5O. The van der Waals surface area contributed by atoms with E-state index < -0.39 is 0 Å². The molecule has 1 aliphatic rings. The van der Waals surface area contributed by atoms with Gasteiger partial charge in [-0.15, -0.1) is 0 Å². The zero-order valence-electron chi connectivity index (χ0n) is 42.9. The van der Waals surface area contributed by atoms with Gasteiger partial charge in [-0.05, 0) is 129 Å². The van der Waals surface area contributed by atoms with Crippen LogP contribution in [0.1, 0.15) is 105 Å². The Morgan fingerprint density at radius 3 is 1.61 bits per heavy atom. The lowest BCUT2D eigenvalue weighted by Gasteiger charge is -2.30. The number of hydrogen-bond acceptors (Lipinski definition) is 4. The molecule has 0 fully saturated rings. The molecule has 0 saturated heterocycles. The van der Waals surface area contributed by atoms with Crippen LogP contribution in [0.3, 0.4) is 0 Å². The maximum atomic E-state index is 6.94. The Labute approximate surface area is 413 Å². The van der Waals surface area contributed by atoms with Gasteiger partial charge in [-0.25, -0.2) is 4.98 Å². The van der Waals surface area contributed by atoms with E-state index in [1.54, 1.807) is 0 Å². The van der Waals surface area contributed by atoms with Crippen molar-refractivity contribution < 1.29 is 4.74 Å². The maximum absolute atomic E-state index is 6.94.